The van der Waals surface area contributed by atoms with E-state index in [4.69, 9.17) is 38.0 Å². The number of carbonyl (C=O) groups excluding carboxylic acids is 11. The number of carbonyl (C=O) groups is 16. The second-order valence-corrected chi connectivity index (χ2v) is 35.0. The quantitative estimate of drug-likeness (QED) is 0.00335. The molecule has 1 fully saturated rings. The maximum atomic E-state index is 14.3. The van der Waals surface area contributed by atoms with E-state index < -0.39 is 217 Å². The SMILES string of the molecule is C/C(CCOC(OCCN1C(=O)CC(SC[C@@H](CC(=O)C(CC(=O)O)NC(=O)[C@H](CC(=O)O)CC(=O)[C@H](CCCNC(=N)N)NC(=O)[C@H](CC(=O)O)CC(=O)CC[C@H](NC(=O)c2ccc(NCc3cnc4nc(N)[nH]c(=O)c4n3)cc2)C(=O)O)C(=O)O)C1=O)c1ccc(C)cc1)=N/NC(=O)Nc1ccc2[nH]c(C(=O)Nc3ccc4[nH]c(C(=O)N5CC(Cl)c6c5cc(C)c5ccccc65)cc4c3)cc2c1. The zero-order valence-electron chi connectivity index (χ0n) is 74.9. The van der Waals surface area contributed by atoms with Crippen molar-refractivity contribution in [3.63, 3.8) is 0 Å². The number of urea groups is 1. The number of nitrogen functional groups attached to an aromatic ring is 1. The Morgan fingerprint density at radius 2 is 1.27 bits per heavy atom. The summed E-state index contributed by atoms with van der Waals surface area (Å²) >= 11 is 7.59. The molecule has 21 N–H and O–H groups in total. The molecule has 1 saturated heterocycles. The summed E-state index contributed by atoms with van der Waals surface area (Å²) in [5, 5.41) is 81.7. The molecule has 9 amide bonds. The first-order chi connectivity index (χ1) is 66.3. The number of H-pyrrole nitrogens is 3. The van der Waals surface area contributed by atoms with Crippen molar-refractivity contribution in [2.24, 2.45) is 28.6 Å². The topological polar surface area (TPSA) is 687 Å². The van der Waals surface area contributed by atoms with Crippen LogP contribution in [-0.2, 0) is 73.6 Å². The Kier molecular flexibility index (Phi) is 34.2. The number of hydrogen-bond acceptors (Lipinski definition) is 27. The van der Waals surface area contributed by atoms with Crippen LogP contribution in [0.5, 0.6) is 0 Å². The van der Waals surface area contributed by atoms with Crippen molar-refractivity contribution in [3.8, 4) is 0 Å². The summed E-state index contributed by atoms with van der Waals surface area (Å²) in [4.78, 5) is 249. The monoisotopic (exact) mass is 1950 g/mol. The molecule has 0 bridgehead atoms. The van der Waals surface area contributed by atoms with Crippen LogP contribution in [0.4, 0.5) is 33.5 Å². The van der Waals surface area contributed by atoms with Crippen LogP contribution >= 0.6 is 23.4 Å². The number of Topliss-reactive ketones (excluding diaryl/α,β-unsaturated/α-hetero) is 3. The van der Waals surface area contributed by atoms with Gasteiger partial charge in [-0.05, 0) is 135 Å². The van der Waals surface area contributed by atoms with Crippen molar-refractivity contribution in [3.05, 3.63) is 189 Å². The maximum Gasteiger partial charge on any atom is 0.339 e. The maximum absolute atomic E-state index is 14.3. The number of aliphatic carboxylic acids is 5. The number of alkyl halides is 1. The standard InChI is InChI=1S/C93H99ClN20O24S/c1-45-10-12-49(13-11-45)90(137-27-24-47(3)111-112-93(136)103-57-19-22-63-50(31-57)33-68(104-63)84(128)102-56-18-21-64-51(30-56)34-69(105-64)86(130)114-43-62(94)78-61-8-5-4-7-60(61)46(2)29-70(78)114)138-28-26-113-74(118)40-73(87(113)131)139-44-54(88(132)133)36-72(117)67(39-77(123)124)108-83(127)53(38-76(121)122)35-71(116)65(9-6-25-98-91(95)96)106-82(126)52(37-75(119)120)32-59(115)20-23-66(89(134)135)107-81(125)48-14-16-55(17-15-48)99-41-58-42-100-80-79(101-58)85(129)110-92(97)109-80/h4-5,7-8,10-19,21-22,29-31,33-34,42,52-54,62,65-67,73,90,99,104-105H,6,9,20,23-28,32,35-41,43-44H2,1-3H3,(H,102,128)(H,106,126)(H,107,125)(H,108,127)(H,119,120)(H,121,122)(H,123,124)(H,132,133)(H,134,135)(H4,95,96,98)(H2,103,112,136)(H3,97,100,109,110,129)/b111-47-/t52-,53-,54+,62?,65-,66-,67?,73?,90?/m0/s1. The van der Waals surface area contributed by atoms with Gasteiger partial charge in [0, 0.05) is 124 Å². The summed E-state index contributed by atoms with van der Waals surface area (Å²) in [5.74, 6) is -23.5. The number of guanidine groups is 1. The van der Waals surface area contributed by atoms with Crippen LogP contribution in [0.2, 0.25) is 0 Å². The van der Waals surface area contributed by atoms with Crippen LogP contribution in [0.15, 0.2) is 143 Å². The zero-order valence-corrected chi connectivity index (χ0v) is 76.5. The second-order valence-electron chi connectivity index (χ2n) is 33.3. The number of nitrogens with one attached hydrogen (secondary N) is 12. The molecule has 0 aliphatic carbocycles. The number of carboxylic acids is 5. The summed E-state index contributed by atoms with van der Waals surface area (Å²) in [7, 11) is 0. The number of amides is 9. The molecule has 6 aromatic carbocycles. The number of aryl methyl sites for hydroxylation is 2. The lowest BCUT2D eigenvalue weighted by molar-refractivity contribution is -0.155. The van der Waals surface area contributed by atoms with E-state index in [1.165, 1.54) is 30.5 Å². The largest absolute Gasteiger partial charge is 0.481 e. The van der Waals surface area contributed by atoms with Gasteiger partial charge in [0.1, 0.15) is 23.2 Å². The third-order valence-electron chi connectivity index (χ3n) is 22.9. The fourth-order valence-electron chi connectivity index (χ4n) is 15.7. The Hall–Kier alpha value is -15.9. The number of benzene rings is 6. The average molecular weight is 1950 g/mol. The highest BCUT2D eigenvalue weighted by Gasteiger charge is 2.42. The van der Waals surface area contributed by atoms with Gasteiger partial charge in [0.15, 0.2) is 35.0 Å². The van der Waals surface area contributed by atoms with E-state index in [9.17, 15) is 107 Å². The number of nitrogens with zero attached hydrogens (tertiary/aromatic N) is 6. The molecular weight excluding hydrogens is 1850 g/mol. The summed E-state index contributed by atoms with van der Waals surface area (Å²) in [5.41, 5.74) is 20.9. The van der Waals surface area contributed by atoms with Crippen molar-refractivity contribution in [2.75, 3.05) is 65.2 Å². The van der Waals surface area contributed by atoms with E-state index in [0.29, 0.717) is 79.8 Å². The number of ether oxygens (including phenoxy) is 2. The van der Waals surface area contributed by atoms with E-state index in [0.717, 1.165) is 38.1 Å². The van der Waals surface area contributed by atoms with Gasteiger partial charge in [0.25, 0.3) is 23.3 Å². The van der Waals surface area contributed by atoms with Gasteiger partial charge in [-0.1, -0.05) is 54.1 Å². The Morgan fingerprint density at radius 3 is 1.93 bits per heavy atom. The van der Waals surface area contributed by atoms with E-state index in [1.54, 1.807) is 84.6 Å². The first kappa shape index (κ1) is 102. The van der Waals surface area contributed by atoms with E-state index in [-0.39, 0.29) is 86.4 Å². The number of carboxylic acid groups (broad SMARTS) is 5. The molecule has 46 heteroatoms. The van der Waals surface area contributed by atoms with Gasteiger partial charge in [-0.2, -0.15) is 10.1 Å². The van der Waals surface area contributed by atoms with Gasteiger partial charge >= 0.3 is 35.9 Å². The molecule has 4 aromatic heterocycles. The zero-order chi connectivity index (χ0) is 100. The predicted octanol–water partition coefficient (Wildman–Crippen LogP) is 7.44. The minimum Gasteiger partial charge on any atom is -0.481 e. The third-order valence-corrected chi connectivity index (χ3v) is 24.6. The number of fused-ring (bicyclic) bond motifs is 6. The molecule has 0 radical (unpaired) electrons. The van der Waals surface area contributed by atoms with Crippen LogP contribution in [0.3, 0.4) is 0 Å². The molecule has 4 unspecified atom stereocenters. The van der Waals surface area contributed by atoms with E-state index >= 15 is 0 Å². The number of imide groups is 1. The first-order valence-corrected chi connectivity index (χ1v) is 45.2. The lowest BCUT2D eigenvalue weighted by atomic mass is 9.90. The molecule has 0 saturated carbocycles. The normalized spacial score (nSPS) is 15.1. The molecule has 139 heavy (non-hydrogen) atoms. The van der Waals surface area contributed by atoms with Crippen molar-refractivity contribution in [2.45, 2.75) is 139 Å². The minimum atomic E-state index is -2.07. The van der Waals surface area contributed by atoms with Gasteiger partial charge in [-0.3, -0.25) is 87.2 Å². The van der Waals surface area contributed by atoms with Crippen molar-refractivity contribution >= 4 is 202 Å². The summed E-state index contributed by atoms with van der Waals surface area (Å²) in [6, 6.07) is 30.1. The number of ketones is 3. The lowest BCUT2D eigenvalue weighted by Gasteiger charge is -2.24. The number of rotatable bonds is 49. The molecular formula is C93H99ClN20O24S. The number of aromatic nitrogens is 6. The van der Waals surface area contributed by atoms with Gasteiger partial charge in [0.2, 0.25) is 29.6 Å². The number of aromatic amines is 3. The fraction of sp³-hybridized carbons (Fsp3) is 0.333. The van der Waals surface area contributed by atoms with E-state index in [1.807, 2.05) is 44.2 Å². The van der Waals surface area contributed by atoms with Crippen LogP contribution in [-0.4, -0.2) is 229 Å². The Labute approximate surface area is 798 Å². The number of anilines is 5. The highest BCUT2D eigenvalue weighted by Crippen LogP contribution is 2.45. The number of hydrogen-bond donors (Lipinski definition) is 19. The van der Waals surface area contributed by atoms with Crippen molar-refractivity contribution in [1.82, 2.24) is 61.5 Å². The number of thioether (sulfide) groups is 1. The number of likely N-dealkylation sites (tertiary alicyclic amines) is 1. The third kappa shape index (κ3) is 27.5. The summed E-state index contributed by atoms with van der Waals surface area (Å²) < 4.78 is 12.3. The average Bonchev–Trinajstić information content (AvgIpc) is 1.60. The predicted molar refractivity (Wildman–Crippen MR) is 508 cm³/mol. The van der Waals surface area contributed by atoms with Crippen molar-refractivity contribution in [1.29, 1.82) is 5.41 Å². The fourth-order valence-corrected chi connectivity index (χ4v) is 17.4. The van der Waals surface area contributed by atoms with Gasteiger partial charge < -0.3 is 98.6 Å². The first-order valence-electron chi connectivity index (χ1n) is 43.7. The summed E-state index contributed by atoms with van der Waals surface area (Å²) in [6.45, 7) is 5.17. The minimum absolute atomic E-state index is 0.0106. The molecule has 0 spiro atoms. The molecule has 44 nitrogen and oxygen atoms in total. The molecule has 6 heterocycles. The number of halogens is 1. The molecule has 12 rings (SSSR count). The highest BCUT2D eigenvalue weighted by atomic mass is 35.5. The van der Waals surface area contributed by atoms with Crippen LogP contribution in [0.1, 0.15) is 155 Å². The van der Waals surface area contributed by atoms with Crippen LogP contribution in [0.25, 0.3) is 43.7 Å². The van der Waals surface area contributed by atoms with Crippen LogP contribution in [0, 0.1) is 37.0 Å². The summed E-state index contributed by atoms with van der Waals surface area (Å²) in [6.07, 6.45) is -7.95. The molecule has 728 valence electrons. The van der Waals surface area contributed by atoms with Gasteiger partial charge in [0.05, 0.1) is 97.9 Å². The second kappa shape index (κ2) is 46.6. The van der Waals surface area contributed by atoms with Gasteiger partial charge in [-0.15, -0.1) is 23.4 Å². The Morgan fingerprint density at radius 1 is 0.647 bits per heavy atom. The smallest absolute Gasteiger partial charge is 0.339 e. The van der Waals surface area contributed by atoms with E-state index in [2.05, 4.69) is 77.6 Å². The molecule has 2 aliphatic rings. The number of nitrogens with two attached hydrogens (primary N) is 2. The molecule has 2 aliphatic heterocycles. The lowest BCUT2D eigenvalue weighted by Crippen LogP contribution is -2.48. The molecule has 9 atom stereocenters. The van der Waals surface area contributed by atoms with Crippen molar-refractivity contribution < 1.29 is 112 Å². The van der Waals surface area contributed by atoms with Gasteiger partial charge in [-0.25, -0.2) is 25.0 Å². The molecule has 10 aromatic rings. The number of hydrazone groups is 1. The van der Waals surface area contributed by atoms with Crippen LogP contribution < -0.4 is 64.6 Å². The Bertz CT molecular complexity index is 6570. The highest BCUT2D eigenvalue weighted by molar-refractivity contribution is 8.00. The Balaban J connectivity index is 0.587.